The van der Waals surface area contributed by atoms with Crippen LogP contribution in [0.15, 0.2) is 28.8 Å². The summed E-state index contributed by atoms with van der Waals surface area (Å²) in [5.41, 5.74) is 3.61. The van der Waals surface area contributed by atoms with Crippen LogP contribution in [-0.4, -0.2) is 35.7 Å². The third-order valence-corrected chi connectivity index (χ3v) is 4.32. The van der Waals surface area contributed by atoms with Crippen molar-refractivity contribution in [3.8, 4) is 11.4 Å². The smallest absolute Gasteiger partial charge is 0.352 e. The normalized spacial score (nSPS) is 12.7. The van der Waals surface area contributed by atoms with Gasteiger partial charge in [-0.2, -0.15) is 18.2 Å². The number of hydrogen-bond donors (Lipinski definition) is 2. The Morgan fingerprint density at radius 1 is 1.17 bits per heavy atom. The van der Waals surface area contributed by atoms with Crippen LogP contribution in [0.4, 0.5) is 13.2 Å². The number of amides is 1. The average molecular weight is 428 g/mol. The maximum absolute atomic E-state index is 12.5. The molecule has 0 aliphatic rings. The van der Waals surface area contributed by atoms with E-state index in [1.54, 1.807) is 0 Å². The van der Waals surface area contributed by atoms with Gasteiger partial charge in [-0.1, -0.05) is 50.4 Å². The number of alkyl halides is 3. The zero-order chi connectivity index (χ0) is 22.0. The third kappa shape index (κ3) is 7.75. The Morgan fingerprint density at radius 2 is 1.90 bits per heavy atom. The molecule has 2 aromatic rings. The average Bonchev–Trinajstić information content (AvgIpc) is 3.22. The highest BCUT2D eigenvalue weighted by Crippen LogP contribution is 2.29. The van der Waals surface area contributed by atoms with Gasteiger partial charge in [-0.05, 0) is 24.5 Å². The molecule has 2 rings (SSSR count). The first kappa shape index (κ1) is 23.8. The summed E-state index contributed by atoms with van der Waals surface area (Å²) in [6.07, 6.45) is -0.141. The van der Waals surface area contributed by atoms with Crippen molar-refractivity contribution in [2.45, 2.75) is 45.7 Å². The van der Waals surface area contributed by atoms with Crippen molar-refractivity contribution in [1.82, 2.24) is 20.9 Å². The molecule has 0 aliphatic heterocycles. The topological polar surface area (TPSA) is 89.3 Å². The van der Waals surface area contributed by atoms with Gasteiger partial charge < -0.3 is 14.7 Å². The van der Waals surface area contributed by atoms with Crippen LogP contribution in [0, 0.1) is 5.92 Å². The highest BCUT2D eigenvalue weighted by Gasteiger charge is 2.38. The summed E-state index contributed by atoms with van der Waals surface area (Å²) in [7, 11) is 0. The third-order valence-electron chi connectivity index (χ3n) is 4.32. The Labute approximate surface area is 173 Å². The van der Waals surface area contributed by atoms with E-state index in [1.807, 2.05) is 6.92 Å². The minimum Gasteiger partial charge on any atom is -0.352 e. The Morgan fingerprint density at radius 3 is 2.53 bits per heavy atom. The molecule has 166 valence electrons. The molecule has 30 heavy (non-hydrogen) atoms. The molecular formula is C20H27F3N4O3. The molecule has 0 bridgehead atoms. The van der Waals surface area contributed by atoms with Crippen molar-refractivity contribution >= 4 is 5.91 Å². The second kappa shape index (κ2) is 11.7. The van der Waals surface area contributed by atoms with E-state index >= 15 is 0 Å². The van der Waals surface area contributed by atoms with E-state index in [0.717, 1.165) is 12.8 Å². The number of nitrogens with zero attached hydrogens (tertiary/aromatic N) is 2. The Bertz CT molecular complexity index is 778. The van der Waals surface area contributed by atoms with E-state index in [-0.39, 0.29) is 17.6 Å². The summed E-state index contributed by atoms with van der Waals surface area (Å²) in [5, 5.41) is 6.14. The number of unbranched alkanes of at least 4 members (excludes halogenated alkanes) is 3. The van der Waals surface area contributed by atoms with E-state index in [0.29, 0.717) is 30.8 Å². The van der Waals surface area contributed by atoms with Gasteiger partial charge in [0.1, 0.15) is 0 Å². The lowest BCUT2D eigenvalue weighted by molar-refractivity contribution is -0.159. The van der Waals surface area contributed by atoms with Gasteiger partial charge in [-0.15, -0.1) is 0 Å². The first-order valence-electron chi connectivity index (χ1n) is 9.95. The summed E-state index contributed by atoms with van der Waals surface area (Å²) in [4.78, 5) is 20.9. The number of benzene rings is 1. The van der Waals surface area contributed by atoms with Crippen LogP contribution in [0.5, 0.6) is 0 Å². The minimum absolute atomic E-state index is 0.156. The van der Waals surface area contributed by atoms with E-state index < -0.39 is 12.1 Å². The molecule has 0 aliphatic carbocycles. The summed E-state index contributed by atoms with van der Waals surface area (Å²) < 4.78 is 41.8. The standard InChI is InChI=1S/C20H27F3N4O3/c1-3-4-5-6-11-29-25-13-14(2)12-24-18(28)16-9-7-15(8-10-16)17-26-19(30-27-17)20(21,22)23/h7-10,14,25H,3-6,11-13H2,1-2H3,(H,24,28). The molecule has 1 heterocycles. The zero-order valence-corrected chi connectivity index (χ0v) is 17.1. The van der Waals surface area contributed by atoms with Crippen LogP contribution in [0.25, 0.3) is 11.4 Å². The second-order valence-corrected chi connectivity index (χ2v) is 7.07. The fraction of sp³-hybridized carbons (Fsp3) is 0.550. The Kier molecular flexibility index (Phi) is 9.25. The summed E-state index contributed by atoms with van der Waals surface area (Å²) in [6, 6.07) is 5.93. The van der Waals surface area contributed by atoms with E-state index in [2.05, 4.69) is 32.4 Å². The Balaban J connectivity index is 1.73. The van der Waals surface area contributed by atoms with Crippen LogP contribution in [0.3, 0.4) is 0 Å². The molecule has 0 fully saturated rings. The molecule has 1 unspecified atom stereocenters. The highest BCUT2D eigenvalue weighted by molar-refractivity contribution is 5.94. The van der Waals surface area contributed by atoms with Crippen molar-refractivity contribution in [3.63, 3.8) is 0 Å². The molecular weight excluding hydrogens is 401 g/mol. The molecule has 0 saturated carbocycles. The number of carbonyl (C=O) groups excluding carboxylic acids is 1. The molecule has 1 atom stereocenters. The number of nitrogens with one attached hydrogen (secondary N) is 2. The highest BCUT2D eigenvalue weighted by atomic mass is 19.4. The first-order chi connectivity index (χ1) is 14.3. The predicted molar refractivity (Wildman–Crippen MR) is 104 cm³/mol. The van der Waals surface area contributed by atoms with E-state index in [9.17, 15) is 18.0 Å². The van der Waals surface area contributed by atoms with E-state index in [1.165, 1.54) is 37.1 Å². The SMILES string of the molecule is CCCCCCONCC(C)CNC(=O)c1ccc(-c2noc(C(F)(F)F)n2)cc1. The molecule has 0 spiro atoms. The minimum atomic E-state index is -4.70. The molecule has 0 saturated heterocycles. The quantitative estimate of drug-likeness (QED) is 0.389. The number of hydroxylamine groups is 1. The zero-order valence-electron chi connectivity index (χ0n) is 17.1. The number of hydrogen-bond acceptors (Lipinski definition) is 6. The van der Waals surface area contributed by atoms with Crippen LogP contribution in [0.2, 0.25) is 0 Å². The lowest BCUT2D eigenvalue weighted by Crippen LogP contribution is -2.33. The van der Waals surface area contributed by atoms with Crippen LogP contribution < -0.4 is 10.8 Å². The van der Waals surface area contributed by atoms with Crippen molar-refractivity contribution in [3.05, 3.63) is 35.7 Å². The van der Waals surface area contributed by atoms with Gasteiger partial charge in [0.2, 0.25) is 5.82 Å². The van der Waals surface area contributed by atoms with Crippen LogP contribution in [0.1, 0.15) is 55.8 Å². The predicted octanol–water partition coefficient (Wildman–Crippen LogP) is 4.22. The van der Waals surface area contributed by atoms with Crippen molar-refractivity contribution in [2.75, 3.05) is 19.7 Å². The van der Waals surface area contributed by atoms with Crippen molar-refractivity contribution in [1.29, 1.82) is 0 Å². The maximum Gasteiger partial charge on any atom is 0.471 e. The number of carbonyl (C=O) groups is 1. The Hall–Kier alpha value is -2.46. The van der Waals surface area contributed by atoms with Gasteiger partial charge in [-0.25, -0.2) is 5.48 Å². The van der Waals surface area contributed by atoms with Gasteiger partial charge in [0, 0.05) is 24.2 Å². The molecule has 1 aromatic heterocycles. The summed E-state index contributed by atoms with van der Waals surface area (Å²) in [6.45, 7) is 5.85. The number of aromatic nitrogens is 2. The lowest BCUT2D eigenvalue weighted by Gasteiger charge is -2.14. The van der Waals surface area contributed by atoms with Gasteiger partial charge in [0.15, 0.2) is 0 Å². The van der Waals surface area contributed by atoms with Crippen molar-refractivity contribution < 1.29 is 27.3 Å². The lowest BCUT2D eigenvalue weighted by atomic mass is 10.1. The first-order valence-corrected chi connectivity index (χ1v) is 9.95. The summed E-state index contributed by atoms with van der Waals surface area (Å²) in [5.74, 6) is -1.72. The van der Waals surface area contributed by atoms with Gasteiger partial charge in [-0.3, -0.25) is 4.79 Å². The molecule has 0 radical (unpaired) electrons. The second-order valence-electron chi connectivity index (χ2n) is 7.07. The molecule has 2 N–H and O–H groups in total. The number of rotatable bonds is 12. The molecule has 7 nitrogen and oxygen atoms in total. The molecule has 10 heteroatoms. The fourth-order valence-electron chi connectivity index (χ4n) is 2.54. The van der Waals surface area contributed by atoms with Gasteiger partial charge >= 0.3 is 12.1 Å². The molecule has 1 aromatic carbocycles. The van der Waals surface area contributed by atoms with E-state index in [4.69, 9.17) is 4.84 Å². The van der Waals surface area contributed by atoms with Crippen molar-refractivity contribution in [2.24, 2.45) is 5.92 Å². The van der Waals surface area contributed by atoms with Crippen LogP contribution in [-0.2, 0) is 11.0 Å². The monoisotopic (exact) mass is 428 g/mol. The summed E-state index contributed by atoms with van der Waals surface area (Å²) >= 11 is 0. The number of halogens is 3. The fourth-order valence-corrected chi connectivity index (χ4v) is 2.54. The van der Waals surface area contributed by atoms with Crippen LogP contribution >= 0.6 is 0 Å². The van der Waals surface area contributed by atoms with Gasteiger partial charge in [0.05, 0.1) is 6.61 Å². The largest absolute Gasteiger partial charge is 0.471 e. The van der Waals surface area contributed by atoms with Gasteiger partial charge in [0.25, 0.3) is 5.91 Å². The molecule has 1 amide bonds. The maximum atomic E-state index is 12.5.